The van der Waals surface area contributed by atoms with Gasteiger partial charge >= 0.3 is 0 Å². The number of benzene rings is 3. The molecule has 0 radical (unpaired) electrons. The van der Waals surface area contributed by atoms with Crippen LogP contribution in [0.5, 0.6) is 11.5 Å². The van der Waals surface area contributed by atoms with Gasteiger partial charge in [0.05, 0.1) is 17.7 Å². The summed E-state index contributed by atoms with van der Waals surface area (Å²) in [5, 5.41) is 30.4. The SMILES string of the molecule is COc1ccc([N+](=O)[O-])cc1N=Nc1ccc(O)c2ccccc12. The van der Waals surface area contributed by atoms with Gasteiger partial charge in [0.1, 0.15) is 17.2 Å². The minimum atomic E-state index is -0.506. The number of nitro groups is 1. The Morgan fingerprint density at radius 2 is 1.71 bits per heavy atom. The number of phenols is 1. The van der Waals surface area contributed by atoms with Crippen LogP contribution in [-0.4, -0.2) is 17.1 Å². The largest absolute Gasteiger partial charge is 0.507 e. The molecule has 3 aromatic carbocycles. The van der Waals surface area contributed by atoms with Crippen molar-refractivity contribution in [3.63, 3.8) is 0 Å². The van der Waals surface area contributed by atoms with Crippen LogP contribution in [0.25, 0.3) is 10.8 Å². The standard InChI is InChI=1S/C17H13N3O4/c1-24-17-9-6-11(20(22)23)10-15(17)19-18-14-7-8-16(21)13-5-3-2-4-12(13)14/h2-10,21H,1H3. The molecule has 0 unspecified atom stereocenters. The Kier molecular flexibility index (Phi) is 4.07. The third-order valence-electron chi connectivity index (χ3n) is 3.52. The molecule has 3 aromatic rings. The summed E-state index contributed by atoms with van der Waals surface area (Å²) >= 11 is 0. The topological polar surface area (TPSA) is 97.3 Å². The number of ether oxygens (including phenoxy) is 1. The van der Waals surface area contributed by atoms with Crippen LogP contribution in [0.15, 0.2) is 64.8 Å². The average Bonchev–Trinajstić information content (AvgIpc) is 2.61. The normalized spacial score (nSPS) is 11.0. The summed E-state index contributed by atoms with van der Waals surface area (Å²) in [5.41, 5.74) is 0.695. The molecule has 0 amide bonds. The third-order valence-corrected chi connectivity index (χ3v) is 3.52. The number of nitrogens with zero attached hydrogens (tertiary/aromatic N) is 3. The van der Waals surface area contributed by atoms with E-state index in [9.17, 15) is 15.2 Å². The van der Waals surface area contributed by atoms with Gasteiger partial charge in [-0.2, -0.15) is 0 Å². The van der Waals surface area contributed by atoms with E-state index in [0.29, 0.717) is 16.8 Å². The Hall–Kier alpha value is -3.48. The van der Waals surface area contributed by atoms with E-state index in [0.717, 1.165) is 5.39 Å². The predicted molar refractivity (Wildman–Crippen MR) is 89.4 cm³/mol. The van der Waals surface area contributed by atoms with E-state index in [1.54, 1.807) is 12.1 Å². The van der Waals surface area contributed by atoms with E-state index < -0.39 is 4.92 Å². The molecule has 0 aromatic heterocycles. The lowest BCUT2D eigenvalue weighted by Gasteiger charge is -2.05. The number of fused-ring (bicyclic) bond motifs is 1. The van der Waals surface area contributed by atoms with Gasteiger partial charge in [-0.1, -0.05) is 24.3 Å². The van der Waals surface area contributed by atoms with E-state index in [2.05, 4.69) is 10.2 Å². The van der Waals surface area contributed by atoms with Crippen LogP contribution in [0.4, 0.5) is 17.1 Å². The van der Waals surface area contributed by atoms with Gasteiger partial charge in [-0.05, 0) is 18.2 Å². The maximum atomic E-state index is 10.9. The van der Waals surface area contributed by atoms with Crippen LogP contribution in [0.2, 0.25) is 0 Å². The quantitative estimate of drug-likeness (QED) is 0.420. The van der Waals surface area contributed by atoms with Crippen molar-refractivity contribution < 1.29 is 14.8 Å². The summed E-state index contributed by atoms with van der Waals surface area (Å²) in [6.07, 6.45) is 0. The molecule has 0 aliphatic rings. The van der Waals surface area contributed by atoms with Crippen LogP contribution < -0.4 is 4.74 Å². The van der Waals surface area contributed by atoms with Gasteiger partial charge < -0.3 is 9.84 Å². The van der Waals surface area contributed by atoms with Gasteiger partial charge in [0.15, 0.2) is 0 Å². The summed E-state index contributed by atoms with van der Waals surface area (Å²) in [7, 11) is 1.45. The Morgan fingerprint density at radius 1 is 1.00 bits per heavy atom. The Balaban J connectivity index is 2.07. The van der Waals surface area contributed by atoms with Crippen LogP contribution in [0.1, 0.15) is 0 Å². The lowest BCUT2D eigenvalue weighted by molar-refractivity contribution is -0.384. The summed E-state index contributed by atoms with van der Waals surface area (Å²) in [6, 6.07) is 14.5. The first-order chi connectivity index (χ1) is 11.6. The maximum absolute atomic E-state index is 10.9. The molecule has 0 fully saturated rings. The van der Waals surface area contributed by atoms with Crippen molar-refractivity contribution in [2.24, 2.45) is 10.2 Å². The molecule has 0 saturated heterocycles. The van der Waals surface area contributed by atoms with Crippen LogP contribution in [0.3, 0.4) is 0 Å². The highest BCUT2D eigenvalue weighted by atomic mass is 16.6. The highest BCUT2D eigenvalue weighted by molar-refractivity contribution is 5.96. The highest BCUT2D eigenvalue weighted by Gasteiger charge is 2.11. The fourth-order valence-electron chi connectivity index (χ4n) is 2.33. The predicted octanol–water partition coefficient (Wildman–Crippen LogP) is 4.88. The van der Waals surface area contributed by atoms with E-state index in [1.165, 1.54) is 31.4 Å². The highest BCUT2D eigenvalue weighted by Crippen LogP contribution is 2.36. The van der Waals surface area contributed by atoms with Gasteiger partial charge in [0.25, 0.3) is 5.69 Å². The molecule has 120 valence electrons. The summed E-state index contributed by atoms with van der Waals surface area (Å²) in [6.45, 7) is 0. The molecule has 3 rings (SSSR count). The first-order valence-corrected chi connectivity index (χ1v) is 7.05. The van der Waals surface area contributed by atoms with Crippen molar-refractivity contribution in [3.05, 3.63) is 64.7 Å². The molecule has 1 N–H and O–H groups in total. The second-order valence-electron chi connectivity index (χ2n) is 4.96. The smallest absolute Gasteiger partial charge is 0.271 e. The van der Waals surface area contributed by atoms with E-state index >= 15 is 0 Å². The molecule has 0 aliphatic heterocycles. The number of methoxy groups -OCH3 is 1. The fraction of sp³-hybridized carbons (Fsp3) is 0.0588. The number of rotatable bonds is 4. The molecule has 7 nitrogen and oxygen atoms in total. The van der Waals surface area contributed by atoms with Crippen LogP contribution in [0, 0.1) is 10.1 Å². The molecule has 0 saturated carbocycles. The second kappa shape index (κ2) is 6.33. The van der Waals surface area contributed by atoms with Crippen LogP contribution >= 0.6 is 0 Å². The van der Waals surface area contributed by atoms with Gasteiger partial charge in [-0.3, -0.25) is 10.1 Å². The Bertz CT molecular complexity index is 954. The van der Waals surface area contributed by atoms with Gasteiger partial charge in [-0.15, -0.1) is 10.2 Å². The van der Waals surface area contributed by atoms with Gasteiger partial charge in [-0.25, -0.2) is 0 Å². The number of non-ortho nitro benzene ring substituents is 1. The molecule has 0 bridgehead atoms. The van der Waals surface area contributed by atoms with Crippen molar-refractivity contribution >= 4 is 27.8 Å². The minimum absolute atomic E-state index is 0.0969. The lowest BCUT2D eigenvalue weighted by atomic mass is 10.1. The lowest BCUT2D eigenvalue weighted by Crippen LogP contribution is -1.89. The first-order valence-electron chi connectivity index (χ1n) is 7.05. The first kappa shape index (κ1) is 15.4. The zero-order valence-corrected chi connectivity index (χ0v) is 12.7. The third kappa shape index (κ3) is 2.87. The van der Waals surface area contributed by atoms with Crippen molar-refractivity contribution in [2.45, 2.75) is 0 Å². The minimum Gasteiger partial charge on any atom is -0.507 e. The molecule has 0 atom stereocenters. The van der Waals surface area contributed by atoms with Crippen LogP contribution in [-0.2, 0) is 0 Å². The van der Waals surface area contributed by atoms with E-state index in [1.807, 2.05) is 18.2 Å². The zero-order chi connectivity index (χ0) is 17.1. The van der Waals surface area contributed by atoms with Crippen molar-refractivity contribution in [3.8, 4) is 11.5 Å². The van der Waals surface area contributed by atoms with Crippen molar-refractivity contribution in [2.75, 3.05) is 7.11 Å². The second-order valence-corrected chi connectivity index (χ2v) is 4.96. The number of aromatic hydroxyl groups is 1. The fourth-order valence-corrected chi connectivity index (χ4v) is 2.33. The molecular weight excluding hydrogens is 310 g/mol. The van der Waals surface area contributed by atoms with E-state index in [-0.39, 0.29) is 17.1 Å². The number of azo groups is 1. The monoisotopic (exact) mass is 323 g/mol. The number of hydrogen-bond acceptors (Lipinski definition) is 6. The molecule has 0 aliphatic carbocycles. The maximum Gasteiger partial charge on any atom is 0.271 e. The summed E-state index contributed by atoms with van der Waals surface area (Å²) < 4.78 is 5.16. The summed E-state index contributed by atoms with van der Waals surface area (Å²) in [5.74, 6) is 0.532. The average molecular weight is 323 g/mol. The summed E-state index contributed by atoms with van der Waals surface area (Å²) in [4.78, 5) is 10.4. The number of hydrogen-bond donors (Lipinski definition) is 1. The zero-order valence-electron chi connectivity index (χ0n) is 12.7. The Morgan fingerprint density at radius 3 is 2.42 bits per heavy atom. The van der Waals surface area contributed by atoms with Gasteiger partial charge in [0.2, 0.25) is 0 Å². The molecule has 7 heteroatoms. The van der Waals surface area contributed by atoms with Gasteiger partial charge in [0, 0.05) is 22.9 Å². The van der Waals surface area contributed by atoms with Crippen molar-refractivity contribution in [1.82, 2.24) is 0 Å². The van der Waals surface area contributed by atoms with Crippen molar-refractivity contribution in [1.29, 1.82) is 0 Å². The molecular formula is C17H13N3O4. The molecule has 0 spiro atoms. The number of phenolic OH excluding ortho intramolecular Hbond substituents is 1. The molecule has 0 heterocycles. The van der Waals surface area contributed by atoms with E-state index in [4.69, 9.17) is 4.74 Å². The molecule has 24 heavy (non-hydrogen) atoms. The Labute approximate surface area is 137 Å². The number of nitro benzene ring substituents is 1.